The smallest absolute Gasteiger partial charge is 0.303 e. The van der Waals surface area contributed by atoms with Crippen LogP contribution in [-0.2, 0) is 57.0 Å². The van der Waals surface area contributed by atoms with Crippen LogP contribution in [0.4, 0.5) is 0 Å². The minimum absolute atomic E-state index is 0.0402. The van der Waals surface area contributed by atoms with Gasteiger partial charge in [0.25, 0.3) is 0 Å². The highest BCUT2D eigenvalue weighted by atomic mass is 16.8. The van der Waals surface area contributed by atoms with E-state index >= 15 is 0 Å². The third kappa shape index (κ3) is 9.28. The molecule has 3 fully saturated rings. The lowest BCUT2D eigenvalue weighted by Gasteiger charge is -2.49. The summed E-state index contributed by atoms with van der Waals surface area (Å²) in [6.45, 7) is 8.66. The van der Waals surface area contributed by atoms with Crippen LogP contribution in [0.2, 0.25) is 0 Å². The molecule has 44 heavy (non-hydrogen) atoms. The summed E-state index contributed by atoms with van der Waals surface area (Å²) in [5, 5.41) is 30.7. The highest BCUT2D eigenvalue weighted by Crippen LogP contribution is 2.35. The molecule has 0 bridgehead atoms. The van der Waals surface area contributed by atoms with E-state index in [-0.39, 0.29) is 6.42 Å². The van der Waals surface area contributed by atoms with Gasteiger partial charge in [-0.25, -0.2) is 0 Å². The second-order valence-corrected chi connectivity index (χ2v) is 11.2. The van der Waals surface area contributed by atoms with E-state index in [1.807, 2.05) is 6.92 Å². The largest absolute Gasteiger partial charge is 0.458 e. The Kier molecular flexibility index (Phi) is 13.7. The molecule has 254 valence electrons. The van der Waals surface area contributed by atoms with Crippen LogP contribution in [-0.4, -0.2) is 132 Å². The van der Waals surface area contributed by atoms with Gasteiger partial charge in [-0.1, -0.05) is 13.3 Å². The summed E-state index contributed by atoms with van der Waals surface area (Å²) < 4.78 is 52.4. The Morgan fingerprint density at radius 3 is 2.02 bits per heavy atom. The average Bonchev–Trinajstić information content (AvgIpc) is 2.93. The molecular formula is C28H47NO15. The number of ether oxygens (including phenoxy) is 9. The molecule has 0 aromatic carbocycles. The molecule has 5 N–H and O–H groups in total. The number of carbonyl (C=O) groups is 3. The molecule has 3 aliphatic rings. The third-order valence-electron chi connectivity index (χ3n) is 7.60. The van der Waals surface area contributed by atoms with E-state index in [0.29, 0.717) is 13.0 Å². The molecule has 3 saturated heterocycles. The minimum Gasteiger partial charge on any atom is -0.458 e. The highest BCUT2D eigenvalue weighted by molar-refractivity contribution is 5.67. The maximum atomic E-state index is 12.4. The van der Waals surface area contributed by atoms with Gasteiger partial charge in [-0.15, -0.1) is 0 Å². The number of aliphatic hydroxyl groups is 3. The van der Waals surface area contributed by atoms with Gasteiger partial charge in [0.2, 0.25) is 0 Å². The van der Waals surface area contributed by atoms with Gasteiger partial charge in [-0.3, -0.25) is 14.4 Å². The molecule has 16 nitrogen and oxygen atoms in total. The molecule has 8 unspecified atom stereocenters. The van der Waals surface area contributed by atoms with Gasteiger partial charge in [0.15, 0.2) is 31.1 Å². The van der Waals surface area contributed by atoms with Gasteiger partial charge in [0.1, 0.15) is 36.6 Å². The van der Waals surface area contributed by atoms with Crippen molar-refractivity contribution in [3.8, 4) is 0 Å². The van der Waals surface area contributed by atoms with Crippen molar-refractivity contribution in [2.24, 2.45) is 5.73 Å². The van der Waals surface area contributed by atoms with Gasteiger partial charge in [-0.2, -0.15) is 0 Å². The quantitative estimate of drug-likeness (QED) is 0.115. The van der Waals surface area contributed by atoms with Crippen molar-refractivity contribution < 1.29 is 72.3 Å². The fourth-order valence-corrected chi connectivity index (χ4v) is 5.53. The summed E-state index contributed by atoms with van der Waals surface area (Å²) in [7, 11) is 0. The first-order valence-electron chi connectivity index (χ1n) is 14.9. The molecule has 0 radical (unpaired) electrons. The van der Waals surface area contributed by atoms with E-state index in [2.05, 4.69) is 0 Å². The zero-order valence-electron chi connectivity index (χ0n) is 25.9. The van der Waals surface area contributed by atoms with Crippen LogP contribution < -0.4 is 5.73 Å². The molecule has 3 rings (SSSR count). The second kappa shape index (κ2) is 16.5. The van der Waals surface area contributed by atoms with Crippen molar-refractivity contribution >= 4 is 17.9 Å². The lowest BCUT2D eigenvalue weighted by molar-refractivity contribution is -0.361. The molecule has 3 aliphatic heterocycles. The zero-order valence-corrected chi connectivity index (χ0v) is 25.9. The monoisotopic (exact) mass is 637 g/mol. The number of nitrogens with two attached hydrogens (primary N) is 1. The molecule has 0 amide bonds. The van der Waals surface area contributed by atoms with E-state index in [9.17, 15) is 29.7 Å². The van der Waals surface area contributed by atoms with E-state index in [1.165, 1.54) is 20.8 Å². The summed E-state index contributed by atoms with van der Waals surface area (Å²) in [6.07, 6.45) is -13.0. The van der Waals surface area contributed by atoms with Crippen molar-refractivity contribution in [1.29, 1.82) is 0 Å². The number of hydrogen-bond donors (Lipinski definition) is 4. The van der Waals surface area contributed by atoms with Crippen molar-refractivity contribution in [2.75, 3.05) is 13.2 Å². The van der Waals surface area contributed by atoms with Crippen molar-refractivity contribution in [1.82, 2.24) is 0 Å². The Hall–Kier alpha value is -1.99. The lowest BCUT2D eigenvalue weighted by Crippen LogP contribution is -2.67. The summed E-state index contributed by atoms with van der Waals surface area (Å²) in [5.41, 5.74) is 6.08. The molecule has 14 atom stereocenters. The van der Waals surface area contributed by atoms with Gasteiger partial charge in [0, 0.05) is 33.8 Å². The van der Waals surface area contributed by atoms with Crippen LogP contribution in [0.25, 0.3) is 0 Å². The minimum atomic E-state index is -1.58. The van der Waals surface area contributed by atoms with Gasteiger partial charge >= 0.3 is 17.9 Å². The fraction of sp³-hybridized carbons (Fsp3) is 0.893. The summed E-state index contributed by atoms with van der Waals surface area (Å²) >= 11 is 0. The number of carbonyl (C=O) groups excluding carboxylic acids is 3. The number of rotatable bonds is 12. The first-order chi connectivity index (χ1) is 20.8. The molecule has 0 aromatic rings. The maximum Gasteiger partial charge on any atom is 0.303 e. The van der Waals surface area contributed by atoms with Crippen molar-refractivity contribution in [2.45, 2.75) is 147 Å². The van der Waals surface area contributed by atoms with Crippen LogP contribution in [0.1, 0.15) is 60.8 Å². The molecule has 16 heteroatoms. The van der Waals surface area contributed by atoms with E-state index in [4.69, 9.17) is 48.4 Å². The molecular weight excluding hydrogens is 590 g/mol. The SMILES string of the molecule is CCCCO[C@H]1C(C)O[C@@H](OC2C(N)[C@H](O)OC(CO)[C@H]2O)C(OC(C)=O)C1O[C@H]1CC(OC(C)=O)[C@@H](OC(C)=O)C(C)O1. The number of unbranched alkanes of at least 4 members (excludes halogenated alkanes) is 1. The number of aliphatic hydroxyl groups excluding tert-OH is 3. The summed E-state index contributed by atoms with van der Waals surface area (Å²) in [4.78, 5) is 36.0. The predicted octanol–water partition coefficient (Wildman–Crippen LogP) is -0.985. The van der Waals surface area contributed by atoms with Crippen LogP contribution >= 0.6 is 0 Å². The predicted molar refractivity (Wildman–Crippen MR) is 146 cm³/mol. The van der Waals surface area contributed by atoms with Crippen molar-refractivity contribution in [3.05, 3.63) is 0 Å². The molecule has 0 aliphatic carbocycles. The Balaban J connectivity index is 1.93. The Labute approximate surface area is 256 Å². The fourth-order valence-electron chi connectivity index (χ4n) is 5.53. The Bertz CT molecular complexity index is 954. The standard InChI is InChI=1S/C28H47NO15/c1-7-8-9-36-23-13(3)38-28(44-24-20(29)27(35)42-18(11-30)21(24)34)26(41-16(6)33)25(23)43-19-10-17(39-14(4)31)22(12(2)37-19)40-15(5)32/h12-13,17-28,30,34-35H,7-11,29H2,1-6H3/t12?,13?,17?,18?,19-,20?,21+,22-,23-,24?,25?,26?,27+,28-/m0/s1. The van der Waals surface area contributed by atoms with Crippen LogP contribution in [0.5, 0.6) is 0 Å². The number of esters is 3. The normalized spacial score (nSPS) is 41.0. The Morgan fingerprint density at radius 2 is 1.43 bits per heavy atom. The van der Waals surface area contributed by atoms with Gasteiger partial charge in [-0.05, 0) is 20.3 Å². The average molecular weight is 638 g/mol. The van der Waals surface area contributed by atoms with E-state index in [1.54, 1.807) is 13.8 Å². The van der Waals surface area contributed by atoms with Crippen LogP contribution in [0.15, 0.2) is 0 Å². The van der Waals surface area contributed by atoms with Gasteiger partial charge < -0.3 is 63.7 Å². The third-order valence-corrected chi connectivity index (χ3v) is 7.60. The molecule has 0 aromatic heterocycles. The first kappa shape index (κ1) is 36.5. The molecule has 3 heterocycles. The lowest BCUT2D eigenvalue weighted by atomic mass is 9.95. The van der Waals surface area contributed by atoms with E-state index in [0.717, 1.165) is 6.42 Å². The van der Waals surface area contributed by atoms with Crippen LogP contribution in [0, 0.1) is 0 Å². The van der Waals surface area contributed by atoms with E-state index < -0.39 is 110 Å². The summed E-state index contributed by atoms with van der Waals surface area (Å²) in [5.74, 6) is -1.89. The van der Waals surface area contributed by atoms with Crippen LogP contribution in [0.3, 0.4) is 0 Å². The highest BCUT2D eigenvalue weighted by Gasteiger charge is 2.54. The maximum absolute atomic E-state index is 12.4. The topological polar surface area (TPSA) is 221 Å². The summed E-state index contributed by atoms with van der Waals surface area (Å²) in [6, 6.07) is -1.26. The van der Waals surface area contributed by atoms with Gasteiger partial charge in [0.05, 0.1) is 24.9 Å². The molecule has 0 spiro atoms. The first-order valence-corrected chi connectivity index (χ1v) is 14.9. The van der Waals surface area contributed by atoms with Crippen molar-refractivity contribution in [3.63, 3.8) is 0 Å². The number of hydrogen-bond acceptors (Lipinski definition) is 16. The second-order valence-electron chi connectivity index (χ2n) is 11.2. The Morgan fingerprint density at radius 1 is 0.818 bits per heavy atom. The molecule has 0 saturated carbocycles. The zero-order chi connectivity index (χ0) is 32.7.